The zero-order valence-corrected chi connectivity index (χ0v) is 10.0. The summed E-state index contributed by atoms with van der Waals surface area (Å²) < 4.78 is 0.257. The van der Waals surface area contributed by atoms with E-state index in [9.17, 15) is 9.59 Å². The highest BCUT2D eigenvalue weighted by Crippen LogP contribution is 2.31. The van der Waals surface area contributed by atoms with E-state index in [2.05, 4.69) is 31.2 Å². The largest absolute Gasteiger partial charge is 0.346 e. The minimum Gasteiger partial charge on any atom is -0.346 e. The number of pyridine rings is 1. The first-order valence-electron chi connectivity index (χ1n) is 4.86. The van der Waals surface area contributed by atoms with Crippen LogP contribution >= 0.6 is 15.9 Å². The third-order valence-corrected chi connectivity index (χ3v) is 3.35. The first-order chi connectivity index (χ1) is 8.18. The van der Waals surface area contributed by atoms with Crippen LogP contribution in [-0.4, -0.2) is 21.8 Å². The Morgan fingerprint density at radius 2 is 2.06 bits per heavy atom. The summed E-state index contributed by atoms with van der Waals surface area (Å²) in [5, 5.41) is 3.05. The molecule has 0 bridgehead atoms. The van der Waals surface area contributed by atoms with Gasteiger partial charge < -0.3 is 4.98 Å². The van der Waals surface area contributed by atoms with Gasteiger partial charge in [-0.25, -0.2) is 4.98 Å². The molecule has 0 spiro atoms. The molecule has 0 atom stereocenters. The number of rotatable bonds is 1. The lowest BCUT2D eigenvalue weighted by atomic mass is 10.1. The molecule has 3 rings (SSSR count). The fourth-order valence-electron chi connectivity index (χ4n) is 1.84. The number of fused-ring (bicyclic) bond motifs is 1. The van der Waals surface area contributed by atoms with Crippen molar-refractivity contribution in [3.05, 3.63) is 34.6 Å². The number of carbonyl (C=O) groups excluding carboxylic acids is 2. The molecular weight excluding hydrogens is 286 g/mol. The molecule has 0 saturated heterocycles. The number of aromatic nitrogens is 2. The van der Waals surface area contributed by atoms with Gasteiger partial charge in [-0.05, 0) is 28.1 Å². The fraction of sp³-hybridized carbons (Fsp3) is 0. The summed E-state index contributed by atoms with van der Waals surface area (Å²) in [5.41, 5.74) is 1.69. The van der Waals surface area contributed by atoms with Crippen LogP contribution in [0.3, 0.4) is 0 Å². The van der Waals surface area contributed by atoms with Crippen LogP contribution in [0, 0.1) is 0 Å². The Labute approximate surface area is 104 Å². The molecule has 1 aliphatic rings. The van der Waals surface area contributed by atoms with Crippen LogP contribution in [0.4, 0.5) is 0 Å². The number of halogens is 1. The molecule has 6 heteroatoms. The smallest absolute Gasteiger partial charge is 0.265 e. The number of imide groups is 1. The summed E-state index contributed by atoms with van der Waals surface area (Å²) in [6.07, 6.45) is 3.33. The second-order valence-electron chi connectivity index (χ2n) is 3.57. The number of nitrogens with zero attached hydrogens (tertiary/aromatic N) is 1. The number of H-pyrrole nitrogens is 1. The molecular formula is C11H6BrN3O2. The second kappa shape index (κ2) is 3.53. The maximum absolute atomic E-state index is 11.7. The molecule has 0 saturated carbocycles. The zero-order chi connectivity index (χ0) is 12.0. The van der Waals surface area contributed by atoms with Crippen LogP contribution in [0.1, 0.15) is 5.56 Å². The Morgan fingerprint density at radius 3 is 2.76 bits per heavy atom. The Morgan fingerprint density at radius 1 is 1.24 bits per heavy atom. The summed E-state index contributed by atoms with van der Waals surface area (Å²) in [7, 11) is 0. The van der Waals surface area contributed by atoms with Gasteiger partial charge in [-0.1, -0.05) is 0 Å². The van der Waals surface area contributed by atoms with Crippen molar-refractivity contribution < 1.29 is 9.59 Å². The molecule has 0 fully saturated rings. The van der Waals surface area contributed by atoms with E-state index in [-0.39, 0.29) is 4.48 Å². The van der Waals surface area contributed by atoms with Gasteiger partial charge in [0.25, 0.3) is 11.8 Å². The van der Waals surface area contributed by atoms with E-state index >= 15 is 0 Å². The number of aromatic amines is 1. The van der Waals surface area contributed by atoms with Gasteiger partial charge in [0.1, 0.15) is 5.65 Å². The number of hydrogen-bond acceptors (Lipinski definition) is 3. The van der Waals surface area contributed by atoms with E-state index in [0.29, 0.717) is 16.8 Å². The van der Waals surface area contributed by atoms with Gasteiger partial charge in [0.15, 0.2) is 0 Å². The van der Waals surface area contributed by atoms with Crippen LogP contribution in [0.25, 0.3) is 16.6 Å². The fourth-order valence-corrected chi connectivity index (χ4v) is 2.33. The SMILES string of the molecule is O=C1NC(=O)C(c2c[nH]c3ncccc23)=C1Br. The molecule has 3 heterocycles. The molecule has 0 aliphatic carbocycles. The number of amides is 2. The third kappa shape index (κ3) is 1.41. The molecule has 2 aromatic heterocycles. The van der Waals surface area contributed by atoms with Crippen molar-refractivity contribution in [1.29, 1.82) is 0 Å². The number of hydrogen-bond donors (Lipinski definition) is 2. The minimum atomic E-state index is -0.414. The summed E-state index contributed by atoms with van der Waals surface area (Å²) in [6.45, 7) is 0. The Kier molecular flexibility index (Phi) is 2.12. The first-order valence-corrected chi connectivity index (χ1v) is 5.65. The van der Waals surface area contributed by atoms with Gasteiger partial charge in [0.2, 0.25) is 0 Å². The van der Waals surface area contributed by atoms with Crippen molar-refractivity contribution in [2.24, 2.45) is 0 Å². The van der Waals surface area contributed by atoms with E-state index in [1.807, 2.05) is 6.07 Å². The highest BCUT2D eigenvalue weighted by Gasteiger charge is 2.30. The minimum absolute atomic E-state index is 0.257. The highest BCUT2D eigenvalue weighted by atomic mass is 79.9. The molecule has 0 radical (unpaired) electrons. The number of nitrogens with one attached hydrogen (secondary N) is 2. The molecule has 1 aliphatic heterocycles. The lowest BCUT2D eigenvalue weighted by Crippen LogP contribution is -2.22. The van der Waals surface area contributed by atoms with Crippen LogP contribution in [0.5, 0.6) is 0 Å². The van der Waals surface area contributed by atoms with Crippen LogP contribution < -0.4 is 5.32 Å². The molecule has 0 unspecified atom stereocenters. The molecule has 2 amide bonds. The standard InChI is InChI=1S/C11H6BrN3O2/c12-8-7(10(16)15-11(8)17)6-4-14-9-5(6)2-1-3-13-9/h1-4H,(H,13,14)(H,15,16,17). The van der Waals surface area contributed by atoms with E-state index in [4.69, 9.17) is 0 Å². The van der Waals surface area contributed by atoms with Gasteiger partial charge in [0.05, 0.1) is 10.1 Å². The lowest BCUT2D eigenvalue weighted by Gasteiger charge is -1.97. The van der Waals surface area contributed by atoms with Crippen molar-refractivity contribution in [1.82, 2.24) is 15.3 Å². The molecule has 17 heavy (non-hydrogen) atoms. The maximum atomic E-state index is 11.7. The summed E-state index contributed by atoms with van der Waals surface area (Å²) >= 11 is 3.13. The van der Waals surface area contributed by atoms with Crippen LogP contribution in [0.2, 0.25) is 0 Å². The van der Waals surface area contributed by atoms with Gasteiger partial charge in [-0.3, -0.25) is 14.9 Å². The predicted molar refractivity (Wildman–Crippen MR) is 65.1 cm³/mol. The predicted octanol–water partition coefficient (Wildman–Crippen LogP) is 1.33. The first kappa shape index (κ1) is 10.2. The van der Waals surface area contributed by atoms with Crippen LogP contribution in [-0.2, 0) is 9.59 Å². The maximum Gasteiger partial charge on any atom is 0.265 e. The quantitative estimate of drug-likeness (QED) is 0.779. The van der Waals surface area contributed by atoms with Crippen molar-refractivity contribution in [3.63, 3.8) is 0 Å². The van der Waals surface area contributed by atoms with Crippen molar-refractivity contribution in [2.75, 3.05) is 0 Å². The highest BCUT2D eigenvalue weighted by molar-refractivity contribution is 9.12. The van der Waals surface area contributed by atoms with E-state index in [1.54, 1.807) is 18.5 Å². The normalized spacial score (nSPS) is 15.8. The molecule has 84 valence electrons. The summed E-state index contributed by atoms with van der Waals surface area (Å²) in [4.78, 5) is 30.1. The van der Waals surface area contributed by atoms with Gasteiger partial charge in [-0.15, -0.1) is 0 Å². The molecule has 2 N–H and O–H groups in total. The molecule has 2 aromatic rings. The average molecular weight is 292 g/mol. The van der Waals surface area contributed by atoms with E-state index < -0.39 is 11.8 Å². The Bertz CT molecular complexity index is 687. The Balaban J connectivity index is 2.29. The second-order valence-corrected chi connectivity index (χ2v) is 4.37. The summed E-state index contributed by atoms with van der Waals surface area (Å²) in [5.74, 6) is -0.810. The average Bonchev–Trinajstić information content (AvgIpc) is 2.82. The zero-order valence-electron chi connectivity index (χ0n) is 8.45. The Hall–Kier alpha value is -1.95. The van der Waals surface area contributed by atoms with Crippen molar-refractivity contribution in [3.8, 4) is 0 Å². The monoisotopic (exact) mass is 291 g/mol. The number of carbonyl (C=O) groups is 2. The lowest BCUT2D eigenvalue weighted by molar-refractivity contribution is -0.123. The summed E-state index contributed by atoms with van der Waals surface area (Å²) in [6, 6.07) is 3.63. The van der Waals surface area contributed by atoms with Gasteiger partial charge in [-0.2, -0.15) is 0 Å². The van der Waals surface area contributed by atoms with Crippen LogP contribution in [0.15, 0.2) is 29.0 Å². The van der Waals surface area contributed by atoms with E-state index in [1.165, 1.54) is 0 Å². The molecule has 0 aromatic carbocycles. The van der Waals surface area contributed by atoms with Crippen molar-refractivity contribution in [2.45, 2.75) is 0 Å². The van der Waals surface area contributed by atoms with Gasteiger partial charge >= 0.3 is 0 Å². The molecule has 5 nitrogen and oxygen atoms in total. The topological polar surface area (TPSA) is 74.8 Å². The van der Waals surface area contributed by atoms with Gasteiger partial charge in [0, 0.05) is 23.3 Å². The van der Waals surface area contributed by atoms with E-state index in [0.717, 1.165) is 5.39 Å². The van der Waals surface area contributed by atoms with Crippen molar-refractivity contribution >= 4 is 44.4 Å². The third-order valence-electron chi connectivity index (χ3n) is 2.59.